The average molecular weight is 419 g/mol. The molecule has 0 saturated carbocycles. The van der Waals surface area contributed by atoms with Crippen LogP contribution in [0, 0.1) is 5.92 Å². The van der Waals surface area contributed by atoms with Gasteiger partial charge in [0.15, 0.2) is 0 Å². The van der Waals surface area contributed by atoms with Crippen molar-refractivity contribution >= 4 is 0 Å². The highest BCUT2D eigenvalue weighted by molar-refractivity contribution is 5.33. The number of likely N-dealkylation sites (N-methyl/N-ethyl adjacent to an activating group) is 1. The summed E-state index contributed by atoms with van der Waals surface area (Å²) in [6, 6.07) is 0.592. The van der Waals surface area contributed by atoms with E-state index in [-0.39, 0.29) is 0 Å². The van der Waals surface area contributed by atoms with E-state index in [0.29, 0.717) is 18.1 Å². The highest BCUT2D eigenvalue weighted by atomic mass is 16.5. The summed E-state index contributed by atoms with van der Waals surface area (Å²) >= 11 is 0. The molecule has 0 bridgehead atoms. The van der Waals surface area contributed by atoms with Crippen LogP contribution in [0.2, 0.25) is 0 Å². The third-order valence-electron chi connectivity index (χ3n) is 7.88. The molecule has 3 unspecified atom stereocenters. The van der Waals surface area contributed by atoms with Crippen molar-refractivity contribution in [2.45, 2.75) is 38.3 Å². The Balaban J connectivity index is 1.14. The number of ether oxygens (including phenoxy) is 1. The van der Waals surface area contributed by atoms with E-state index in [2.05, 4.69) is 46.6 Å². The van der Waals surface area contributed by atoms with E-state index in [1.807, 2.05) is 7.05 Å². The third-order valence-corrected chi connectivity index (χ3v) is 7.88. The van der Waals surface area contributed by atoms with E-state index in [1.165, 1.54) is 55.6 Å². The van der Waals surface area contributed by atoms with Gasteiger partial charge in [0.1, 0.15) is 12.6 Å². The lowest BCUT2D eigenvalue weighted by atomic mass is 9.87. The number of nitrogens with one attached hydrogen (secondary N) is 2. The van der Waals surface area contributed by atoms with Gasteiger partial charge < -0.3 is 19.9 Å². The van der Waals surface area contributed by atoms with Crippen LogP contribution >= 0.6 is 0 Å². The molecule has 3 atom stereocenters. The molecular weight excluding hydrogens is 374 g/mol. The number of quaternary nitrogens is 1. The maximum absolute atomic E-state index is 6.11. The molecule has 3 saturated heterocycles. The molecular formula is C24H44N5O+. The average Bonchev–Trinajstić information content (AvgIpc) is 3.35. The van der Waals surface area contributed by atoms with Gasteiger partial charge in [0.25, 0.3) is 0 Å². The van der Waals surface area contributed by atoms with Crippen LogP contribution in [0.1, 0.15) is 26.2 Å². The van der Waals surface area contributed by atoms with Crippen molar-refractivity contribution in [1.82, 2.24) is 20.4 Å². The van der Waals surface area contributed by atoms with Gasteiger partial charge in [-0.1, -0.05) is 18.6 Å². The Morgan fingerprint density at radius 3 is 2.73 bits per heavy atom. The molecule has 0 amide bonds. The highest BCUT2D eigenvalue weighted by Gasteiger charge is 2.36. The van der Waals surface area contributed by atoms with Gasteiger partial charge in [0.2, 0.25) is 0 Å². The van der Waals surface area contributed by atoms with Crippen molar-refractivity contribution in [2.24, 2.45) is 5.92 Å². The van der Waals surface area contributed by atoms with Gasteiger partial charge in [-0.25, -0.2) is 0 Å². The van der Waals surface area contributed by atoms with Crippen LogP contribution in [0.4, 0.5) is 0 Å². The fraction of sp³-hybridized carbons (Fsp3) is 0.833. The first kappa shape index (κ1) is 22.3. The molecule has 30 heavy (non-hydrogen) atoms. The Kier molecular flexibility index (Phi) is 7.53. The van der Waals surface area contributed by atoms with Crippen molar-refractivity contribution in [3.8, 4) is 0 Å². The number of allylic oxidation sites excluding steroid dienone is 2. The van der Waals surface area contributed by atoms with Crippen molar-refractivity contribution in [3.05, 3.63) is 23.4 Å². The second-order valence-corrected chi connectivity index (χ2v) is 10.1. The molecule has 4 aliphatic rings. The van der Waals surface area contributed by atoms with Crippen LogP contribution in [0.15, 0.2) is 23.4 Å². The maximum atomic E-state index is 6.11. The lowest BCUT2D eigenvalue weighted by molar-refractivity contribution is -0.900. The van der Waals surface area contributed by atoms with E-state index in [1.54, 1.807) is 5.57 Å². The van der Waals surface area contributed by atoms with Crippen LogP contribution in [0.25, 0.3) is 0 Å². The van der Waals surface area contributed by atoms with Crippen LogP contribution in [-0.2, 0) is 4.74 Å². The number of nitrogens with zero attached hydrogens (tertiary/aromatic N) is 3. The standard InChI is InChI=1S/C24H44N5O/c1-20-23(25-2)7-6-21-8-11-28(24(20)21)13-10-26-9-12-27-14-17-30-22(18-27)19-29(3)15-4-5-16-29/h6-7,20,22,24-26H,4-5,8-19H2,1-3H3/q+1. The van der Waals surface area contributed by atoms with Gasteiger partial charge in [-0.15, -0.1) is 0 Å². The molecule has 2 N–H and O–H groups in total. The molecule has 0 aromatic carbocycles. The van der Waals surface area contributed by atoms with Gasteiger partial charge in [0.05, 0.1) is 26.7 Å². The SMILES string of the molecule is CNC1=CC=C2CCN(CCNCCN3CCOC(C[N+]4(C)CCCC4)C3)C2C1C. The van der Waals surface area contributed by atoms with Gasteiger partial charge in [-0.3, -0.25) is 9.80 Å². The first-order valence-corrected chi connectivity index (χ1v) is 12.3. The van der Waals surface area contributed by atoms with Gasteiger partial charge in [0, 0.05) is 83.4 Å². The lowest BCUT2D eigenvalue weighted by Gasteiger charge is -2.38. The van der Waals surface area contributed by atoms with Crippen molar-refractivity contribution in [1.29, 1.82) is 0 Å². The quantitative estimate of drug-likeness (QED) is 0.436. The zero-order valence-electron chi connectivity index (χ0n) is 19.5. The van der Waals surface area contributed by atoms with E-state index in [9.17, 15) is 0 Å². The van der Waals surface area contributed by atoms with Crippen molar-refractivity contribution < 1.29 is 9.22 Å². The Morgan fingerprint density at radius 1 is 1.13 bits per heavy atom. The Bertz CT molecular complexity index is 627. The van der Waals surface area contributed by atoms with Gasteiger partial charge in [-0.2, -0.15) is 0 Å². The van der Waals surface area contributed by atoms with E-state index in [4.69, 9.17) is 4.74 Å². The zero-order valence-corrected chi connectivity index (χ0v) is 19.5. The molecule has 0 aromatic heterocycles. The number of hydrogen-bond donors (Lipinski definition) is 2. The molecule has 0 aromatic rings. The molecule has 3 aliphatic heterocycles. The van der Waals surface area contributed by atoms with E-state index < -0.39 is 0 Å². The number of hydrogen-bond acceptors (Lipinski definition) is 5. The Morgan fingerprint density at radius 2 is 1.93 bits per heavy atom. The maximum Gasteiger partial charge on any atom is 0.119 e. The van der Waals surface area contributed by atoms with Crippen LogP contribution in [0.3, 0.4) is 0 Å². The summed E-state index contributed by atoms with van der Waals surface area (Å²) < 4.78 is 7.32. The minimum Gasteiger partial charge on any atom is -0.391 e. The molecule has 0 spiro atoms. The summed E-state index contributed by atoms with van der Waals surface area (Å²) in [5.41, 5.74) is 2.99. The molecule has 0 radical (unpaired) electrons. The predicted octanol–water partition coefficient (Wildman–Crippen LogP) is 1.27. The van der Waals surface area contributed by atoms with Crippen molar-refractivity contribution in [3.63, 3.8) is 0 Å². The second-order valence-electron chi connectivity index (χ2n) is 10.1. The minimum atomic E-state index is 0.416. The molecule has 3 heterocycles. The van der Waals surface area contributed by atoms with E-state index in [0.717, 1.165) is 45.9 Å². The van der Waals surface area contributed by atoms with E-state index >= 15 is 0 Å². The number of fused-ring (bicyclic) bond motifs is 1. The summed E-state index contributed by atoms with van der Waals surface area (Å²) in [4.78, 5) is 5.28. The molecule has 3 fully saturated rings. The third kappa shape index (κ3) is 5.28. The van der Waals surface area contributed by atoms with Crippen LogP contribution < -0.4 is 10.6 Å². The Hall–Kier alpha value is -0.920. The molecule has 6 heteroatoms. The largest absolute Gasteiger partial charge is 0.391 e. The topological polar surface area (TPSA) is 39.8 Å². The number of rotatable bonds is 9. The zero-order chi connectivity index (χ0) is 21.0. The summed E-state index contributed by atoms with van der Waals surface area (Å²) in [6.45, 7) is 15.0. The molecule has 6 nitrogen and oxygen atoms in total. The fourth-order valence-electron chi connectivity index (χ4n) is 6.15. The summed E-state index contributed by atoms with van der Waals surface area (Å²) in [5.74, 6) is 0.572. The first-order chi connectivity index (χ1) is 14.6. The van der Waals surface area contributed by atoms with Gasteiger partial charge >= 0.3 is 0 Å². The van der Waals surface area contributed by atoms with Gasteiger partial charge in [-0.05, 0) is 12.5 Å². The normalized spacial score (nSPS) is 32.0. The monoisotopic (exact) mass is 418 g/mol. The lowest BCUT2D eigenvalue weighted by Crippen LogP contribution is -2.54. The summed E-state index contributed by atoms with van der Waals surface area (Å²) in [7, 11) is 4.46. The summed E-state index contributed by atoms with van der Waals surface area (Å²) in [5, 5.41) is 7.10. The smallest absolute Gasteiger partial charge is 0.119 e. The van der Waals surface area contributed by atoms with Crippen LogP contribution in [0.5, 0.6) is 0 Å². The number of morpholine rings is 1. The Labute approximate surface area is 183 Å². The number of likely N-dealkylation sites (tertiary alicyclic amines) is 2. The fourth-order valence-corrected chi connectivity index (χ4v) is 6.15. The first-order valence-electron chi connectivity index (χ1n) is 12.3. The predicted molar refractivity (Wildman–Crippen MR) is 123 cm³/mol. The summed E-state index contributed by atoms with van der Waals surface area (Å²) in [6.07, 6.45) is 9.05. The van der Waals surface area contributed by atoms with Crippen molar-refractivity contribution in [2.75, 3.05) is 86.1 Å². The van der Waals surface area contributed by atoms with Crippen LogP contribution in [-0.4, -0.2) is 113 Å². The molecule has 1 aliphatic carbocycles. The molecule has 170 valence electrons. The molecule has 4 rings (SSSR count). The highest BCUT2D eigenvalue weighted by Crippen LogP contribution is 2.34. The second kappa shape index (κ2) is 10.1. The minimum absolute atomic E-state index is 0.416.